The van der Waals surface area contributed by atoms with E-state index < -0.39 is 24.2 Å². The lowest BCUT2D eigenvalue weighted by molar-refractivity contribution is -0.130. The van der Waals surface area contributed by atoms with E-state index in [1.54, 1.807) is 0 Å². The van der Waals surface area contributed by atoms with Crippen LogP contribution < -0.4 is 32.7 Å². The topological polar surface area (TPSA) is 168 Å². The predicted octanol–water partition coefficient (Wildman–Crippen LogP) is 1.42. The quantitative estimate of drug-likeness (QED) is 0.148. The highest BCUT2D eigenvalue weighted by Crippen LogP contribution is 2.09. The van der Waals surface area contributed by atoms with E-state index in [1.807, 2.05) is 55.4 Å². The Labute approximate surface area is 224 Å². The van der Waals surface area contributed by atoms with E-state index >= 15 is 0 Å². The van der Waals surface area contributed by atoms with E-state index in [9.17, 15) is 19.2 Å². The highest BCUT2D eigenvalue weighted by atomic mass is 16.2. The first-order valence-electron chi connectivity index (χ1n) is 13.8. The fourth-order valence-corrected chi connectivity index (χ4v) is 3.95. The van der Waals surface area contributed by atoms with Crippen LogP contribution in [0.1, 0.15) is 87.5 Å². The third-order valence-corrected chi connectivity index (χ3v) is 5.76. The molecule has 8 N–H and O–H groups in total. The van der Waals surface area contributed by atoms with Gasteiger partial charge in [0.25, 0.3) is 0 Å². The van der Waals surface area contributed by atoms with Gasteiger partial charge in [0.1, 0.15) is 12.1 Å². The standard InChI is InChI=1S/C27H54N6O4/c1-16(2)12-20(28)24(34)32-22(14-18(5)6)26(36)30-10-9-11-31-27(37)23(15-19(7)8)33-25(35)21(29)13-17(3)4/h16-23H,9-15,28-29H2,1-8H3,(H,30,36)(H,31,37)(H,32,34)(H,33,35)/t20-,21-,22-,23-/m0/s1. The number of carbonyl (C=O) groups excluding carboxylic acids is 4. The first kappa shape index (κ1) is 34.8. The molecule has 0 aliphatic carbocycles. The molecule has 0 saturated heterocycles. The zero-order valence-electron chi connectivity index (χ0n) is 24.4. The summed E-state index contributed by atoms with van der Waals surface area (Å²) in [5.41, 5.74) is 11.9. The highest BCUT2D eigenvalue weighted by molar-refractivity contribution is 5.90. The van der Waals surface area contributed by atoms with Gasteiger partial charge in [-0.05, 0) is 55.8 Å². The molecule has 10 heteroatoms. The van der Waals surface area contributed by atoms with Crippen molar-refractivity contribution in [1.82, 2.24) is 21.3 Å². The number of amides is 4. The Bertz CT molecular complexity index is 653. The van der Waals surface area contributed by atoms with E-state index in [1.165, 1.54) is 0 Å². The average molecular weight is 527 g/mol. The minimum absolute atomic E-state index is 0.207. The first-order valence-corrected chi connectivity index (χ1v) is 13.8. The Hall–Kier alpha value is -2.20. The van der Waals surface area contributed by atoms with Crippen molar-refractivity contribution in [1.29, 1.82) is 0 Å². The van der Waals surface area contributed by atoms with Crippen LogP contribution in [0.15, 0.2) is 0 Å². The van der Waals surface area contributed by atoms with Crippen LogP contribution in [0.2, 0.25) is 0 Å². The molecule has 0 saturated carbocycles. The Kier molecular flexibility index (Phi) is 17.0. The van der Waals surface area contributed by atoms with Crippen molar-refractivity contribution in [2.45, 2.75) is 112 Å². The van der Waals surface area contributed by atoms with Gasteiger partial charge in [0.15, 0.2) is 0 Å². The molecule has 216 valence electrons. The molecule has 0 fully saturated rings. The lowest BCUT2D eigenvalue weighted by Crippen LogP contribution is -2.53. The molecule has 0 bridgehead atoms. The average Bonchev–Trinajstić information content (AvgIpc) is 2.75. The van der Waals surface area contributed by atoms with E-state index in [4.69, 9.17) is 11.5 Å². The van der Waals surface area contributed by atoms with Crippen LogP contribution in [0, 0.1) is 23.7 Å². The van der Waals surface area contributed by atoms with Gasteiger partial charge in [-0.15, -0.1) is 0 Å². The van der Waals surface area contributed by atoms with Gasteiger partial charge >= 0.3 is 0 Å². The van der Waals surface area contributed by atoms with Crippen molar-refractivity contribution in [2.24, 2.45) is 35.1 Å². The zero-order valence-corrected chi connectivity index (χ0v) is 24.4. The summed E-state index contributed by atoms with van der Waals surface area (Å²) in [6.07, 6.45) is 2.59. The monoisotopic (exact) mass is 526 g/mol. The molecular formula is C27H54N6O4. The molecule has 0 rings (SSSR count). The molecule has 0 aliphatic rings. The molecule has 0 aliphatic heterocycles. The number of carbonyl (C=O) groups is 4. The van der Waals surface area contributed by atoms with Gasteiger partial charge in [0, 0.05) is 13.1 Å². The van der Waals surface area contributed by atoms with Crippen molar-refractivity contribution in [3.8, 4) is 0 Å². The van der Waals surface area contributed by atoms with Gasteiger partial charge in [-0.3, -0.25) is 19.2 Å². The molecule has 10 nitrogen and oxygen atoms in total. The van der Waals surface area contributed by atoms with Crippen LogP contribution in [0.3, 0.4) is 0 Å². The van der Waals surface area contributed by atoms with Crippen molar-refractivity contribution < 1.29 is 19.2 Å². The van der Waals surface area contributed by atoms with Gasteiger partial charge in [-0.2, -0.15) is 0 Å². The third kappa shape index (κ3) is 16.3. The van der Waals surface area contributed by atoms with Crippen LogP contribution in [-0.4, -0.2) is 60.9 Å². The SMILES string of the molecule is CC(C)C[C@H](NC(=O)[C@@H](N)CC(C)C)C(=O)NCCCNC(=O)[C@H](CC(C)C)NC(=O)[C@@H](N)CC(C)C. The van der Waals surface area contributed by atoms with Gasteiger partial charge in [-0.1, -0.05) is 55.4 Å². The van der Waals surface area contributed by atoms with Gasteiger partial charge in [0.05, 0.1) is 12.1 Å². The van der Waals surface area contributed by atoms with Crippen LogP contribution in [0.25, 0.3) is 0 Å². The third-order valence-electron chi connectivity index (χ3n) is 5.76. The Morgan fingerprint density at radius 1 is 0.514 bits per heavy atom. The first-order chi connectivity index (χ1) is 17.1. The maximum atomic E-state index is 12.7. The van der Waals surface area contributed by atoms with Crippen LogP contribution in [-0.2, 0) is 19.2 Å². The van der Waals surface area contributed by atoms with Crippen molar-refractivity contribution >= 4 is 23.6 Å². The van der Waals surface area contributed by atoms with Gasteiger partial charge in [0.2, 0.25) is 23.6 Å². The molecule has 0 spiro atoms. The summed E-state index contributed by atoms with van der Waals surface area (Å²) in [5.74, 6) is -0.223. The van der Waals surface area contributed by atoms with Crippen LogP contribution in [0.4, 0.5) is 0 Å². The molecule has 0 aromatic heterocycles. The van der Waals surface area contributed by atoms with Crippen LogP contribution >= 0.6 is 0 Å². The number of rotatable bonds is 18. The summed E-state index contributed by atoms with van der Waals surface area (Å²) in [6, 6.07) is -2.64. The number of hydrogen-bond acceptors (Lipinski definition) is 6. The summed E-state index contributed by atoms with van der Waals surface area (Å²) in [7, 11) is 0. The summed E-state index contributed by atoms with van der Waals surface area (Å²) in [6.45, 7) is 16.6. The molecule has 0 heterocycles. The van der Waals surface area contributed by atoms with Gasteiger partial charge < -0.3 is 32.7 Å². The number of hydrogen-bond donors (Lipinski definition) is 6. The zero-order chi connectivity index (χ0) is 28.7. The second-order valence-electron chi connectivity index (χ2n) is 11.8. The minimum Gasteiger partial charge on any atom is -0.354 e. The largest absolute Gasteiger partial charge is 0.354 e. The maximum absolute atomic E-state index is 12.7. The number of nitrogens with two attached hydrogens (primary N) is 2. The fourth-order valence-electron chi connectivity index (χ4n) is 3.95. The molecule has 4 atom stereocenters. The second kappa shape index (κ2) is 18.1. The normalized spacial score (nSPS) is 14.9. The molecule has 0 aromatic carbocycles. The number of nitrogens with one attached hydrogen (secondary N) is 4. The molecule has 0 radical (unpaired) electrons. The minimum atomic E-state index is -0.666. The van der Waals surface area contributed by atoms with E-state index in [0.717, 1.165) is 0 Å². The molecule has 37 heavy (non-hydrogen) atoms. The fraction of sp³-hybridized carbons (Fsp3) is 0.852. The summed E-state index contributed by atoms with van der Waals surface area (Å²) in [4.78, 5) is 50.3. The highest BCUT2D eigenvalue weighted by Gasteiger charge is 2.26. The second-order valence-corrected chi connectivity index (χ2v) is 11.8. The molecule has 0 aromatic rings. The van der Waals surface area contributed by atoms with Crippen LogP contribution in [0.5, 0.6) is 0 Å². The predicted molar refractivity (Wildman–Crippen MR) is 148 cm³/mol. The van der Waals surface area contributed by atoms with Crippen molar-refractivity contribution in [2.75, 3.05) is 13.1 Å². The smallest absolute Gasteiger partial charge is 0.242 e. The summed E-state index contributed by atoms with van der Waals surface area (Å²) in [5, 5.41) is 11.3. The van der Waals surface area contributed by atoms with Crippen molar-refractivity contribution in [3.05, 3.63) is 0 Å². The Morgan fingerprint density at radius 3 is 1.08 bits per heavy atom. The van der Waals surface area contributed by atoms with E-state index in [2.05, 4.69) is 21.3 Å². The Balaban J connectivity index is 4.75. The van der Waals surface area contributed by atoms with Crippen molar-refractivity contribution in [3.63, 3.8) is 0 Å². The molecular weight excluding hydrogens is 472 g/mol. The maximum Gasteiger partial charge on any atom is 0.242 e. The summed E-state index contributed by atoms with van der Waals surface area (Å²) >= 11 is 0. The molecule has 0 unspecified atom stereocenters. The van der Waals surface area contributed by atoms with Gasteiger partial charge in [-0.25, -0.2) is 0 Å². The van der Waals surface area contributed by atoms with E-state index in [0.29, 0.717) is 45.2 Å². The lowest BCUT2D eigenvalue weighted by atomic mass is 10.0. The molecule has 4 amide bonds. The lowest BCUT2D eigenvalue weighted by Gasteiger charge is -2.23. The Morgan fingerprint density at radius 2 is 0.811 bits per heavy atom. The summed E-state index contributed by atoms with van der Waals surface area (Å²) < 4.78 is 0. The van der Waals surface area contributed by atoms with E-state index in [-0.39, 0.29) is 47.3 Å².